The van der Waals surface area contributed by atoms with Crippen molar-refractivity contribution < 1.29 is 4.79 Å². The van der Waals surface area contributed by atoms with E-state index in [1.165, 1.54) is 16.0 Å². The van der Waals surface area contributed by atoms with E-state index >= 15 is 0 Å². The predicted molar refractivity (Wildman–Crippen MR) is 82.4 cm³/mol. The average molecular weight is 280 g/mol. The normalized spacial score (nSPS) is 23.7. The van der Waals surface area contributed by atoms with Crippen molar-refractivity contribution in [2.45, 2.75) is 29.4 Å². The summed E-state index contributed by atoms with van der Waals surface area (Å²) in [5, 5.41) is 0.565. The molecule has 0 fully saturated rings. The van der Waals surface area contributed by atoms with Gasteiger partial charge in [0.25, 0.3) is 0 Å². The number of rotatable bonds is 2. The predicted octanol–water partition coefficient (Wildman–Crippen LogP) is 4.15. The van der Waals surface area contributed by atoms with E-state index in [0.29, 0.717) is 11.0 Å². The molecule has 0 spiro atoms. The third-order valence-electron chi connectivity index (χ3n) is 4.38. The fourth-order valence-corrected chi connectivity index (χ4v) is 4.82. The van der Waals surface area contributed by atoms with Crippen LogP contribution in [0.1, 0.15) is 27.9 Å². The summed E-state index contributed by atoms with van der Waals surface area (Å²) in [6, 6.07) is 16.7. The number of hydrogen-bond donors (Lipinski definition) is 0. The summed E-state index contributed by atoms with van der Waals surface area (Å²) in [6.45, 7) is 0. The van der Waals surface area contributed by atoms with Gasteiger partial charge in [-0.15, -0.1) is 11.8 Å². The van der Waals surface area contributed by atoms with E-state index < -0.39 is 0 Å². The summed E-state index contributed by atoms with van der Waals surface area (Å²) in [6.07, 6.45) is 3.05. The lowest BCUT2D eigenvalue weighted by atomic mass is 9.96. The van der Waals surface area contributed by atoms with Gasteiger partial charge in [0.05, 0.1) is 0 Å². The number of carbonyl (C=O) groups is 1. The number of thioether (sulfide) groups is 1. The third kappa shape index (κ3) is 1.99. The molecule has 1 nitrogen and oxygen atoms in total. The molecule has 0 aromatic heterocycles. The second-order valence-corrected chi connectivity index (χ2v) is 7.05. The topological polar surface area (TPSA) is 17.1 Å². The number of Topliss-reactive ketones (excluding diaryl/α,β-unsaturated/α-hetero) is 1. The zero-order valence-corrected chi connectivity index (χ0v) is 12.0. The molecule has 1 heterocycles. The van der Waals surface area contributed by atoms with Gasteiger partial charge in [-0.1, -0.05) is 42.5 Å². The Kier molecular flexibility index (Phi) is 2.92. The number of hydrogen-bond acceptors (Lipinski definition) is 2. The number of ketones is 1. The zero-order valence-electron chi connectivity index (χ0n) is 11.2. The summed E-state index contributed by atoms with van der Waals surface area (Å²) in [4.78, 5) is 13.9. The van der Waals surface area contributed by atoms with E-state index in [1.807, 2.05) is 30.0 Å². The molecule has 4 rings (SSSR count). The number of fused-ring (bicyclic) bond motifs is 2. The minimum absolute atomic E-state index is 0.194. The van der Waals surface area contributed by atoms with Crippen LogP contribution in [0, 0.1) is 5.92 Å². The standard InChI is InChI=1S/C18H16OS/c19-18-14(9-12-5-1-3-7-16(12)18)11-15-10-13-6-2-4-8-17(13)20-15/h1-8,14-15H,9-11H2. The van der Waals surface area contributed by atoms with Crippen LogP contribution in [0.2, 0.25) is 0 Å². The van der Waals surface area contributed by atoms with Crippen molar-refractivity contribution in [3.63, 3.8) is 0 Å². The molecule has 0 radical (unpaired) electrons. The molecule has 0 bridgehead atoms. The number of carbonyl (C=O) groups excluding carboxylic acids is 1. The minimum atomic E-state index is 0.194. The summed E-state index contributed by atoms with van der Waals surface area (Å²) in [7, 11) is 0. The van der Waals surface area contributed by atoms with E-state index in [4.69, 9.17) is 0 Å². The molecule has 2 aromatic rings. The Morgan fingerprint density at radius 1 is 0.950 bits per heavy atom. The lowest BCUT2D eigenvalue weighted by Crippen LogP contribution is -2.15. The second kappa shape index (κ2) is 4.78. The van der Waals surface area contributed by atoms with Gasteiger partial charge in [0.15, 0.2) is 5.78 Å². The first-order valence-corrected chi connectivity index (χ1v) is 8.06. The van der Waals surface area contributed by atoms with Gasteiger partial charge < -0.3 is 0 Å². The van der Waals surface area contributed by atoms with Gasteiger partial charge in [-0.2, -0.15) is 0 Å². The van der Waals surface area contributed by atoms with Crippen LogP contribution in [0.5, 0.6) is 0 Å². The molecule has 100 valence electrons. The highest BCUT2D eigenvalue weighted by molar-refractivity contribution is 8.00. The fraction of sp³-hybridized carbons (Fsp3) is 0.278. The SMILES string of the molecule is O=C1c2ccccc2CC1CC1Cc2ccccc2S1. The molecule has 0 saturated carbocycles. The fourth-order valence-electron chi connectivity index (χ4n) is 3.41. The molecule has 2 heteroatoms. The minimum Gasteiger partial charge on any atom is -0.294 e. The Morgan fingerprint density at radius 2 is 1.70 bits per heavy atom. The maximum Gasteiger partial charge on any atom is 0.166 e. The quantitative estimate of drug-likeness (QED) is 0.822. The Bertz CT molecular complexity index is 652. The molecule has 2 atom stereocenters. The largest absolute Gasteiger partial charge is 0.294 e. The van der Waals surface area contributed by atoms with E-state index in [9.17, 15) is 4.79 Å². The summed E-state index contributed by atoms with van der Waals surface area (Å²) < 4.78 is 0. The smallest absolute Gasteiger partial charge is 0.166 e. The monoisotopic (exact) mass is 280 g/mol. The van der Waals surface area contributed by atoms with Gasteiger partial charge in [-0.25, -0.2) is 0 Å². The highest BCUT2D eigenvalue weighted by Gasteiger charge is 2.33. The molecular formula is C18H16OS. The zero-order chi connectivity index (χ0) is 13.5. The highest BCUT2D eigenvalue weighted by atomic mass is 32.2. The van der Waals surface area contributed by atoms with Crippen molar-refractivity contribution in [2.75, 3.05) is 0 Å². The van der Waals surface area contributed by atoms with Crippen molar-refractivity contribution in [3.05, 3.63) is 65.2 Å². The molecule has 0 saturated heterocycles. The maximum absolute atomic E-state index is 12.4. The van der Waals surface area contributed by atoms with Gasteiger partial charge >= 0.3 is 0 Å². The summed E-state index contributed by atoms with van der Waals surface area (Å²) in [5.41, 5.74) is 3.64. The second-order valence-electron chi connectivity index (χ2n) is 5.71. The van der Waals surface area contributed by atoms with E-state index in [0.717, 1.165) is 24.8 Å². The molecule has 0 N–H and O–H groups in total. The molecule has 20 heavy (non-hydrogen) atoms. The van der Waals surface area contributed by atoms with Crippen LogP contribution in [0.15, 0.2) is 53.4 Å². The first-order chi connectivity index (χ1) is 9.81. The Hall–Kier alpha value is -1.54. The summed E-state index contributed by atoms with van der Waals surface area (Å²) in [5.74, 6) is 0.552. The van der Waals surface area contributed by atoms with Crippen LogP contribution in [0.3, 0.4) is 0 Å². The van der Waals surface area contributed by atoms with Crippen LogP contribution in [-0.4, -0.2) is 11.0 Å². The van der Waals surface area contributed by atoms with E-state index in [-0.39, 0.29) is 5.92 Å². The lowest BCUT2D eigenvalue weighted by molar-refractivity contribution is 0.0930. The van der Waals surface area contributed by atoms with Gasteiger partial charge in [0, 0.05) is 21.6 Å². The van der Waals surface area contributed by atoms with Crippen LogP contribution >= 0.6 is 11.8 Å². The first-order valence-electron chi connectivity index (χ1n) is 7.18. The summed E-state index contributed by atoms with van der Waals surface area (Å²) >= 11 is 1.95. The molecule has 0 amide bonds. The highest BCUT2D eigenvalue weighted by Crippen LogP contribution is 2.41. The molecule has 2 unspecified atom stereocenters. The van der Waals surface area contributed by atoms with Gasteiger partial charge in [-0.3, -0.25) is 4.79 Å². The Labute approximate surface area is 123 Å². The van der Waals surface area contributed by atoms with E-state index in [2.05, 4.69) is 30.3 Å². The van der Waals surface area contributed by atoms with Crippen LogP contribution < -0.4 is 0 Å². The van der Waals surface area contributed by atoms with Crippen LogP contribution in [0.25, 0.3) is 0 Å². The van der Waals surface area contributed by atoms with Crippen LogP contribution in [0.4, 0.5) is 0 Å². The molecule has 1 aliphatic carbocycles. The van der Waals surface area contributed by atoms with Gasteiger partial charge in [0.1, 0.15) is 0 Å². The molecule has 1 aliphatic heterocycles. The van der Waals surface area contributed by atoms with Crippen molar-refractivity contribution >= 4 is 17.5 Å². The molecular weight excluding hydrogens is 264 g/mol. The molecule has 2 aromatic carbocycles. The van der Waals surface area contributed by atoms with Crippen molar-refractivity contribution in [1.82, 2.24) is 0 Å². The van der Waals surface area contributed by atoms with Gasteiger partial charge in [-0.05, 0) is 36.5 Å². The Morgan fingerprint density at radius 3 is 2.50 bits per heavy atom. The van der Waals surface area contributed by atoms with Gasteiger partial charge in [0.2, 0.25) is 0 Å². The average Bonchev–Trinajstić information content (AvgIpc) is 3.01. The first kappa shape index (κ1) is 12.2. The lowest BCUT2D eigenvalue weighted by Gasteiger charge is -2.13. The molecule has 2 aliphatic rings. The van der Waals surface area contributed by atoms with Crippen molar-refractivity contribution in [3.8, 4) is 0 Å². The Balaban J connectivity index is 1.49. The third-order valence-corrected chi connectivity index (χ3v) is 5.73. The van der Waals surface area contributed by atoms with E-state index in [1.54, 1.807) is 0 Å². The number of benzene rings is 2. The van der Waals surface area contributed by atoms with Crippen molar-refractivity contribution in [1.29, 1.82) is 0 Å². The van der Waals surface area contributed by atoms with Crippen molar-refractivity contribution in [2.24, 2.45) is 5.92 Å². The maximum atomic E-state index is 12.4. The van der Waals surface area contributed by atoms with Crippen LogP contribution in [-0.2, 0) is 12.8 Å².